The minimum atomic E-state index is -0.590. The van der Waals surface area contributed by atoms with Crippen LogP contribution in [-0.2, 0) is 4.74 Å². The SMILES string of the molecule is CC1(C)OC(=O)N(C2CCC(n3c(=O)oc4ccccc43)CC2)C1c1ccccc1. The van der Waals surface area contributed by atoms with Crippen LogP contribution in [0.15, 0.2) is 63.8 Å². The Morgan fingerprint density at radius 2 is 1.50 bits per heavy atom. The van der Waals surface area contributed by atoms with Gasteiger partial charge in [0.25, 0.3) is 0 Å². The number of fused-ring (bicyclic) bond motifs is 1. The van der Waals surface area contributed by atoms with E-state index in [4.69, 9.17) is 9.15 Å². The molecule has 2 aliphatic rings. The number of amides is 1. The number of benzene rings is 2. The Morgan fingerprint density at radius 1 is 0.867 bits per heavy atom. The highest BCUT2D eigenvalue weighted by atomic mass is 16.6. The molecule has 0 N–H and O–H groups in total. The molecule has 1 saturated heterocycles. The topological polar surface area (TPSA) is 64.7 Å². The number of ether oxygens (including phenoxy) is 1. The van der Waals surface area contributed by atoms with E-state index in [-0.39, 0.29) is 30.0 Å². The van der Waals surface area contributed by atoms with Crippen LogP contribution in [0.5, 0.6) is 0 Å². The number of nitrogens with zero attached hydrogens (tertiary/aromatic N) is 2. The number of carbonyl (C=O) groups excluding carboxylic acids is 1. The third-order valence-corrected chi connectivity index (χ3v) is 6.56. The number of aromatic nitrogens is 1. The Morgan fingerprint density at radius 3 is 2.23 bits per heavy atom. The third-order valence-electron chi connectivity index (χ3n) is 6.56. The summed E-state index contributed by atoms with van der Waals surface area (Å²) in [6, 6.07) is 17.7. The Kier molecular flexibility index (Phi) is 4.45. The molecule has 0 radical (unpaired) electrons. The number of oxazole rings is 1. The molecule has 156 valence electrons. The van der Waals surface area contributed by atoms with Gasteiger partial charge in [-0.3, -0.25) is 9.47 Å². The van der Waals surface area contributed by atoms with Gasteiger partial charge in [-0.15, -0.1) is 0 Å². The summed E-state index contributed by atoms with van der Waals surface area (Å²) in [5, 5.41) is 0. The molecule has 2 fully saturated rings. The normalized spacial score (nSPS) is 26.1. The molecule has 1 aliphatic carbocycles. The second kappa shape index (κ2) is 7.04. The first-order valence-corrected chi connectivity index (χ1v) is 10.6. The number of carbonyl (C=O) groups is 1. The first-order valence-electron chi connectivity index (χ1n) is 10.6. The van der Waals surface area contributed by atoms with E-state index in [0.717, 1.165) is 36.8 Å². The maximum Gasteiger partial charge on any atom is 0.420 e. The quantitative estimate of drug-likeness (QED) is 0.610. The summed E-state index contributed by atoms with van der Waals surface area (Å²) >= 11 is 0. The largest absolute Gasteiger partial charge is 0.441 e. The van der Waals surface area contributed by atoms with E-state index in [1.807, 2.05) is 61.2 Å². The zero-order chi connectivity index (χ0) is 20.9. The van der Waals surface area contributed by atoms with Gasteiger partial charge in [0, 0.05) is 12.1 Å². The van der Waals surface area contributed by atoms with Crippen molar-refractivity contribution >= 4 is 17.2 Å². The molecular weight excluding hydrogens is 380 g/mol. The Balaban J connectivity index is 1.40. The lowest BCUT2D eigenvalue weighted by molar-refractivity contribution is 0.0662. The van der Waals surface area contributed by atoms with E-state index < -0.39 is 5.60 Å². The first-order chi connectivity index (χ1) is 14.5. The summed E-state index contributed by atoms with van der Waals surface area (Å²) in [6.07, 6.45) is 3.04. The summed E-state index contributed by atoms with van der Waals surface area (Å²) in [6.45, 7) is 3.96. The van der Waals surface area contributed by atoms with Crippen molar-refractivity contribution in [3.05, 3.63) is 70.7 Å². The smallest absolute Gasteiger partial charge is 0.420 e. The van der Waals surface area contributed by atoms with Crippen LogP contribution in [0.25, 0.3) is 11.1 Å². The molecule has 1 atom stereocenters. The Labute approximate surface area is 175 Å². The Hall–Kier alpha value is -3.02. The average Bonchev–Trinajstić information content (AvgIpc) is 3.20. The van der Waals surface area contributed by atoms with Crippen LogP contribution >= 0.6 is 0 Å². The van der Waals surface area contributed by atoms with Crippen LogP contribution < -0.4 is 5.76 Å². The van der Waals surface area contributed by atoms with Crippen molar-refractivity contribution in [3.63, 3.8) is 0 Å². The summed E-state index contributed by atoms with van der Waals surface area (Å²) < 4.78 is 13.0. The number of hydrogen-bond acceptors (Lipinski definition) is 4. The van der Waals surface area contributed by atoms with Gasteiger partial charge in [-0.1, -0.05) is 42.5 Å². The van der Waals surface area contributed by atoms with Crippen LogP contribution in [0.3, 0.4) is 0 Å². The van der Waals surface area contributed by atoms with Crippen LogP contribution in [0.4, 0.5) is 4.79 Å². The maximum atomic E-state index is 12.8. The van der Waals surface area contributed by atoms with Crippen molar-refractivity contribution in [2.24, 2.45) is 0 Å². The summed E-state index contributed by atoms with van der Waals surface area (Å²) in [7, 11) is 0. The average molecular weight is 406 g/mol. The van der Waals surface area contributed by atoms with Crippen molar-refractivity contribution in [3.8, 4) is 0 Å². The van der Waals surface area contributed by atoms with Gasteiger partial charge in [-0.05, 0) is 57.2 Å². The fraction of sp³-hybridized carbons (Fsp3) is 0.417. The predicted molar refractivity (Wildman–Crippen MR) is 113 cm³/mol. The van der Waals surface area contributed by atoms with Gasteiger partial charge >= 0.3 is 11.8 Å². The second-order valence-electron chi connectivity index (χ2n) is 8.86. The van der Waals surface area contributed by atoms with Crippen molar-refractivity contribution < 1.29 is 13.9 Å². The van der Waals surface area contributed by atoms with Gasteiger partial charge < -0.3 is 9.15 Å². The molecule has 2 heterocycles. The fourth-order valence-electron chi connectivity index (χ4n) is 5.26. The summed E-state index contributed by atoms with van der Waals surface area (Å²) in [5.74, 6) is -0.302. The molecule has 1 unspecified atom stereocenters. The van der Waals surface area contributed by atoms with Crippen molar-refractivity contribution in [2.75, 3.05) is 0 Å². The van der Waals surface area contributed by atoms with Gasteiger partial charge in [-0.2, -0.15) is 0 Å². The highest BCUT2D eigenvalue weighted by Crippen LogP contribution is 2.45. The van der Waals surface area contributed by atoms with Crippen molar-refractivity contribution in [2.45, 2.75) is 63.3 Å². The van der Waals surface area contributed by atoms with Gasteiger partial charge in [0.15, 0.2) is 5.58 Å². The lowest BCUT2D eigenvalue weighted by Gasteiger charge is -2.38. The van der Waals surface area contributed by atoms with E-state index >= 15 is 0 Å². The lowest BCUT2D eigenvalue weighted by Crippen LogP contribution is -2.43. The number of rotatable bonds is 3. The molecule has 1 aromatic heterocycles. The number of para-hydroxylation sites is 2. The van der Waals surface area contributed by atoms with Gasteiger partial charge in [0.1, 0.15) is 5.60 Å². The zero-order valence-electron chi connectivity index (χ0n) is 17.3. The van der Waals surface area contributed by atoms with E-state index in [1.165, 1.54) is 0 Å². The second-order valence-corrected chi connectivity index (χ2v) is 8.86. The number of cyclic esters (lactones) is 1. The Bertz CT molecular complexity index is 1120. The van der Waals surface area contributed by atoms with Crippen LogP contribution in [0, 0.1) is 0 Å². The summed E-state index contributed by atoms with van der Waals surface area (Å²) in [4.78, 5) is 27.2. The van der Waals surface area contributed by atoms with E-state index in [0.29, 0.717) is 5.58 Å². The van der Waals surface area contributed by atoms with Gasteiger partial charge in [0.05, 0.1) is 11.6 Å². The lowest BCUT2D eigenvalue weighted by atomic mass is 9.86. The van der Waals surface area contributed by atoms with Crippen LogP contribution in [0.2, 0.25) is 0 Å². The molecule has 1 aliphatic heterocycles. The molecule has 30 heavy (non-hydrogen) atoms. The first kappa shape index (κ1) is 19.0. The van der Waals surface area contributed by atoms with Gasteiger partial charge in [0.2, 0.25) is 0 Å². The minimum absolute atomic E-state index is 0.0826. The highest BCUT2D eigenvalue weighted by molar-refractivity contribution is 5.73. The molecule has 3 aromatic rings. The molecule has 6 nitrogen and oxygen atoms in total. The molecule has 0 bridgehead atoms. The molecular formula is C24H26N2O4. The zero-order valence-corrected chi connectivity index (χ0v) is 17.3. The fourth-order valence-corrected chi connectivity index (χ4v) is 5.26. The molecule has 1 saturated carbocycles. The van der Waals surface area contributed by atoms with E-state index in [1.54, 1.807) is 4.57 Å². The van der Waals surface area contributed by atoms with Crippen molar-refractivity contribution in [1.29, 1.82) is 0 Å². The van der Waals surface area contributed by atoms with Crippen LogP contribution in [0.1, 0.15) is 57.2 Å². The third kappa shape index (κ3) is 3.02. The summed E-state index contributed by atoms with van der Waals surface area (Å²) in [5.41, 5.74) is 1.97. The van der Waals surface area contributed by atoms with E-state index in [2.05, 4.69) is 12.1 Å². The van der Waals surface area contributed by atoms with Crippen molar-refractivity contribution in [1.82, 2.24) is 9.47 Å². The highest BCUT2D eigenvalue weighted by Gasteiger charge is 2.51. The van der Waals surface area contributed by atoms with E-state index in [9.17, 15) is 9.59 Å². The van der Waals surface area contributed by atoms with Crippen LogP contribution in [-0.4, -0.2) is 27.2 Å². The monoisotopic (exact) mass is 406 g/mol. The minimum Gasteiger partial charge on any atom is -0.441 e. The molecule has 0 spiro atoms. The molecule has 5 rings (SSSR count). The predicted octanol–water partition coefficient (Wildman–Crippen LogP) is 5.05. The molecule has 6 heteroatoms. The maximum absolute atomic E-state index is 12.8. The number of hydrogen-bond donors (Lipinski definition) is 0. The molecule has 1 amide bonds. The standard InChI is InChI=1S/C24H26N2O4/c1-24(2)21(16-8-4-3-5-9-16)26(23(28)30-24)18-14-12-17(13-15-18)25-19-10-6-7-11-20(19)29-22(25)27/h3-11,17-18,21H,12-15H2,1-2H3. The molecule has 2 aromatic carbocycles. The van der Waals surface area contributed by atoms with Gasteiger partial charge in [-0.25, -0.2) is 9.59 Å².